The van der Waals surface area contributed by atoms with Crippen molar-refractivity contribution in [1.29, 1.82) is 0 Å². The molecule has 2 atom stereocenters. The van der Waals surface area contributed by atoms with Crippen LogP contribution in [-0.4, -0.2) is 30.0 Å². The summed E-state index contributed by atoms with van der Waals surface area (Å²) in [6, 6.07) is 10.8. The Hall–Kier alpha value is -1.06. The molecule has 2 aliphatic rings. The summed E-state index contributed by atoms with van der Waals surface area (Å²) in [4.78, 5) is 14.2. The smallest absolute Gasteiger partial charge is 0.303 e. The Labute approximate surface area is 133 Å². The molecule has 0 radical (unpaired) electrons. The molecule has 2 fully saturated rings. The van der Waals surface area contributed by atoms with Gasteiger partial charge in [0.2, 0.25) is 0 Å². The molecule has 2 aliphatic heterocycles. The van der Waals surface area contributed by atoms with Crippen molar-refractivity contribution in [3.05, 3.63) is 35.9 Å². The summed E-state index contributed by atoms with van der Waals surface area (Å²) in [5.74, 6) is -0.168. The number of esters is 1. The van der Waals surface area contributed by atoms with E-state index >= 15 is 0 Å². The molecule has 1 aromatic rings. The molecular weight excluding hydrogens is 286 g/mol. The van der Waals surface area contributed by atoms with Gasteiger partial charge in [-0.25, -0.2) is 0 Å². The first-order valence-electron chi connectivity index (χ1n) is 7.69. The molecule has 2 unspecified atom stereocenters. The second kappa shape index (κ2) is 6.80. The first-order chi connectivity index (χ1) is 9.70. The summed E-state index contributed by atoms with van der Waals surface area (Å²) in [6.45, 7) is 3.76. The summed E-state index contributed by atoms with van der Waals surface area (Å²) < 4.78 is 5.85. The summed E-state index contributed by atoms with van der Waals surface area (Å²) in [7, 11) is 0. The van der Waals surface area contributed by atoms with Crippen molar-refractivity contribution in [3.63, 3.8) is 0 Å². The Bertz CT molecular complexity index is 479. The third-order valence-electron chi connectivity index (χ3n) is 4.76. The van der Waals surface area contributed by atoms with Gasteiger partial charge in [0.05, 0.1) is 0 Å². The maximum atomic E-state index is 11.6. The molecule has 2 saturated heterocycles. The number of fused-ring (bicyclic) bond motifs is 1. The van der Waals surface area contributed by atoms with Gasteiger partial charge in [0.15, 0.2) is 0 Å². The highest BCUT2D eigenvalue weighted by Gasteiger charge is 2.44. The van der Waals surface area contributed by atoms with Crippen LogP contribution in [0, 0.1) is 0 Å². The lowest BCUT2D eigenvalue weighted by molar-refractivity contribution is -0.168. The van der Waals surface area contributed by atoms with Crippen molar-refractivity contribution >= 4 is 18.4 Å². The van der Waals surface area contributed by atoms with Crippen LogP contribution in [0.5, 0.6) is 0 Å². The zero-order chi connectivity index (χ0) is 14.0. The fourth-order valence-electron chi connectivity index (χ4n) is 3.82. The first-order valence-corrected chi connectivity index (χ1v) is 7.69. The van der Waals surface area contributed by atoms with Crippen molar-refractivity contribution in [1.82, 2.24) is 4.90 Å². The number of nitrogens with zero attached hydrogens (tertiary/aromatic N) is 1. The van der Waals surface area contributed by atoms with Crippen LogP contribution in [0.4, 0.5) is 0 Å². The van der Waals surface area contributed by atoms with Gasteiger partial charge in [0.1, 0.15) is 5.60 Å². The van der Waals surface area contributed by atoms with Crippen LogP contribution in [0.15, 0.2) is 30.3 Å². The molecule has 0 aliphatic carbocycles. The molecule has 0 aromatic heterocycles. The number of benzene rings is 1. The van der Waals surface area contributed by atoms with E-state index in [0.717, 1.165) is 24.9 Å². The van der Waals surface area contributed by atoms with Gasteiger partial charge >= 0.3 is 5.97 Å². The predicted molar refractivity (Wildman–Crippen MR) is 85.6 cm³/mol. The lowest BCUT2D eigenvalue weighted by atomic mass is 9.78. The van der Waals surface area contributed by atoms with Gasteiger partial charge in [-0.3, -0.25) is 4.79 Å². The minimum atomic E-state index is -0.411. The molecule has 3 nitrogen and oxygen atoms in total. The summed E-state index contributed by atoms with van der Waals surface area (Å²) >= 11 is 0. The first kappa shape index (κ1) is 16.3. The lowest BCUT2D eigenvalue weighted by Gasteiger charge is -2.48. The normalized spacial score (nSPS) is 29.1. The predicted octanol–water partition coefficient (Wildman–Crippen LogP) is 3.52. The van der Waals surface area contributed by atoms with Crippen LogP contribution in [0.3, 0.4) is 0 Å². The van der Waals surface area contributed by atoms with E-state index in [1.165, 1.54) is 32.7 Å². The molecule has 2 heterocycles. The molecule has 4 heteroatoms. The van der Waals surface area contributed by atoms with Crippen LogP contribution < -0.4 is 0 Å². The largest absolute Gasteiger partial charge is 0.454 e. The Morgan fingerprint density at radius 3 is 2.71 bits per heavy atom. The molecule has 0 amide bonds. The highest BCUT2D eigenvalue weighted by atomic mass is 35.5. The van der Waals surface area contributed by atoms with E-state index in [1.54, 1.807) is 0 Å². The van der Waals surface area contributed by atoms with E-state index in [0.29, 0.717) is 6.04 Å². The Kier molecular flexibility index (Phi) is 5.28. The average Bonchev–Trinajstić information content (AvgIpc) is 2.47. The molecule has 0 N–H and O–H groups in total. The topological polar surface area (TPSA) is 29.5 Å². The number of carbonyl (C=O) groups excluding carboxylic acids is 1. The Morgan fingerprint density at radius 1 is 1.24 bits per heavy atom. The Balaban J connectivity index is 0.00000161. The highest BCUT2D eigenvalue weighted by Crippen LogP contribution is 2.41. The molecule has 1 aromatic carbocycles. The fraction of sp³-hybridized carbons (Fsp3) is 0.588. The third-order valence-corrected chi connectivity index (χ3v) is 4.76. The number of hydrogen-bond donors (Lipinski definition) is 0. The van der Waals surface area contributed by atoms with Crippen molar-refractivity contribution in [2.24, 2.45) is 0 Å². The van der Waals surface area contributed by atoms with E-state index in [4.69, 9.17) is 4.74 Å². The summed E-state index contributed by atoms with van der Waals surface area (Å²) in [6.07, 6.45) is 5.69. The summed E-state index contributed by atoms with van der Waals surface area (Å²) in [5, 5.41) is 0. The highest BCUT2D eigenvalue weighted by molar-refractivity contribution is 5.85. The van der Waals surface area contributed by atoms with Gasteiger partial charge in [-0.1, -0.05) is 36.8 Å². The van der Waals surface area contributed by atoms with E-state index < -0.39 is 5.60 Å². The molecular formula is C17H24ClNO2. The number of piperidine rings is 2. The average molecular weight is 310 g/mol. The quantitative estimate of drug-likeness (QED) is 0.783. The van der Waals surface area contributed by atoms with Crippen LogP contribution in [0.1, 0.15) is 44.6 Å². The van der Waals surface area contributed by atoms with Gasteiger partial charge in [0, 0.05) is 32.4 Å². The zero-order valence-electron chi connectivity index (χ0n) is 12.6. The maximum absolute atomic E-state index is 11.6. The van der Waals surface area contributed by atoms with Crippen LogP contribution >= 0.6 is 12.4 Å². The van der Waals surface area contributed by atoms with Gasteiger partial charge in [0.25, 0.3) is 0 Å². The second-order valence-electron chi connectivity index (χ2n) is 6.09. The molecule has 3 rings (SSSR count). The zero-order valence-corrected chi connectivity index (χ0v) is 13.4. The van der Waals surface area contributed by atoms with E-state index in [-0.39, 0.29) is 18.4 Å². The minimum absolute atomic E-state index is 0. The molecule has 0 bridgehead atoms. The van der Waals surface area contributed by atoms with Gasteiger partial charge in [-0.05, 0) is 24.9 Å². The summed E-state index contributed by atoms with van der Waals surface area (Å²) in [5.41, 5.74) is 0.742. The van der Waals surface area contributed by atoms with Crippen molar-refractivity contribution in [2.75, 3.05) is 13.1 Å². The molecule has 116 valence electrons. The number of halogens is 1. The van der Waals surface area contributed by atoms with Crippen LogP contribution in [0.25, 0.3) is 0 Å². The van der Waals surface area contributed by atoms with Gasteiger partial charge in [-0.2, -0.15) is 0 Å². The third kappa shape index (κ3) is 3.41. The van der Waals surface area contributed by atoms with E-state index in [2.05, 4.69) is 17.0 Å². The van der Waals surface area contributed by atoms with Crippen LogP contribution in [0.2, 0.25) is 0 Å². The van der Waals surface area contributed by atoms with Crippen molar-refractivity contribution in [2.45, 2.75) is 50.7 Å². The van der Waals surface area contributed by atoms with Gasteiger partial charge in [-0.15, -0.1) is 12.4 Å². The standard InChI is InChI=1S/C17H23NO2.ClH/c1-14(19)20-17(15-7-3-2-4-8-15)10-12-18-11-6-5-9-16(18)13-17;/h2-4,7-8,16H,5-6,9-13H2,1H3;1H. The Morgan fingerprint density at radius 2 is 2.00 bits per heavy atom. The number of rotatable bonds is 2. The number of ether oxygens (including phenoxy) is 1. The van der Waals surface area contributed by atoms with Crippen molar-refractivity contribution < 1.29 is 9.53 Å². The number of carbonyl (C=O) groups is 1. The number of hydrogen-bond acceptors (Lipinski definition) is 3. The molecule has 0 saturated carbocycles. The SMILES string of the molecule is CC(=O)OC1(c2ccccc2)CCN2CCCCC2C1.Cl. The monoisotopic (exact) mass is 309 g/mol. The lowest BCUT2D eigenvalue weighted by Crippen LogP contribution is -2.52. The molecule has 0 spiro atoms. The van der Waals surface area contributed by atoms with E-state index in [9.17, 15) is 4.79 Å². The maximum Gasteiger partial charge on any atom is 0.303 e. The van der Waals surface area contributed by atoms with Gasteiger partial charge < -0.3 is 9.64 Å². The minimum Gasteiger partial charge on any atom is -0.454 e. The molecule has 21 heavy (non-hydrogen) atoms. The van der Waals surface area contributed by atoms with E-state index in [1.807, 2.05) is 18.2 Å². The fourth-order valence-corrected chi connectivity index (χ4v) is 3.82. The van der Waals surface area contributed by atoms with Crippen molar-refractivity contribution in [3.8, 4) is 0 Å². The van der Waals surface area contributed by atoms with Crippen LogP contribution in [-0.2, 0) is 15.1 Å². The second-order valence-corrected chi connectivity index (χ2v) is 6.09.